The van der Waals surface area contributed by atoms with Crippen LogP contribution in [0.3, 0.4) is 0 Å². The summed E-state index contributed by atoms with van der Waals surface area (Å²) in [7, 11) is 0. The minimum Gasteiger partial charge on any atom is -0.480 e. The molecule has 2 amide bonds. The third-order valence-electron chi connectivity index (χ3n) is 3.94. The Kier molecular flexibility index (Phi) is 7.05. The zero-order valence-corrected chi connectivity index (χ0v) is 14.9. The van der Waals surface area contributed by atoms with Gasteiger partial charge < -0.3 is 15.7 Å². The van der Waals surface area contributed by atoms with Gasteiger partial charge in [0.25, 0.3) is 11.8 Å². The summed E-state index contributed by atoms with van der Waals surface area (Å²) in [5.74, 6) is -2.51. The van der Waals surface area contributed by atoms with E-state index in [9.17, 15) is 23.9 Å². The van der Waals surface area contributed by atoms with Crippen molar-refractivity contribution in [1.82, 2.24) is 5.32 Å². The van der Waals surface area contributed by atoms with Crippen LogP contribution in [0.1, 0.15) is 46.9 Å². The van der Waals surface area contributed by atoms with Crippen LogP contribution in [0.15, 0.2) is 48.5 Å². The highest BCUT2D eigenvalue weighted by Crippen LogP contribution is 2.13. The summed E-state index contributed by atoms with van der Waals surface area (Å²) in [5, 5.41) is 14.3. The number of carboxylic acids is 1. The van der Waals surface area contributed by atoms with Crippen LogP contribution in [0.2, 0.25) is 0 Å². The number of nitrogens with one attached hydrogen (secondary N) is 2. The Hall–Kier alpha value is -3.22. The van der Waals surface area contributed by atoms with Gasteiger partial charge in [0, 0.05) is 16.8 Å². The molecule has 0 bridgehead atoms. The number of benzene rings is 2. The van der Waals surface area contributed by atoms with Gasteiger partial charge in [0.15, 0.2) is 0 Å². The Morgan fingerprint density at radius 1 is 1.04 bits per heavy atom. The molecule has 0 aliphatic rings. The van der Waals surface area contributed by atoms with Crippen molar-refractivity contribution in [2.24, 2.45) is 0 Å². The van der Waals surface area contributed by atoms with Crippen molar-refractivity contribution in [3.63, 3.8) is 0 Å². The van der Waals surface area contributed by atoms with E-state index in [2.05, 4.69) is 10.6 Å². The number of unbranched alkanes of at least 4 members (excludes halogenated alkanes) is 1. The summed E-state index contributed by atoms with van der Waals surface area (Å²) in [4.78, 5) is 35.8. The van der Waals surface area contributed by atoms with Crippen molar-refractivity contribution in [1.29, 1.82) is 0 Å². The largest absolute Gasteiger partial charge is 0.480 e. The molecule has 7 heteroatoms. The summed E-state index contributed by atoms with van der Waals surface area (Å²) < 4.78 is 12.9. The number of amides is 2. The fourth-order valence-corrected chi connectivity index (χ4v) is 2.45. The molecule has 2 aromatic rings. The lowest BCUT2D eigenvalue weighted by Gasteiger charge is -2.14. The lowest BCUT2D eigenvalue weighted by molar-refractivity contribution is -0.139. The van der Waals surface area contributed by atoms with Gasteiger partial charge in [-0.3, -0.25) is 9.59 Å². The first-order valence-corrected chi connectivity index (χ1v) is 8.61. The second kappa shape index (κ2) is 9.47. The topological polar surface area (TPSA) is 95.5 Å². The summed E-state index contributed by atoms with van der Waals surface area (Å²) in [5.41, 5.74) is 0.879. The van der Waals surface area contributed by atoms with Crippen molar-refractivity contribution in [3.8, 4) is 0 Å². The maximum Gasteiger partial charge on any atom is 0.326 e. The number of carboxylic acid groups (broad SMARTS) is 1. The van der Waals surface area contributed by atoms with E-state index < -0.39 is 29.6 Å². The van der Waals surface area contributed by atoms with Gasteiger partial charge >= 0.3 is 5.97 Å². The number of halogens is 1. The minimum absolute atomic E-state index is 0.231. The van der Waals surface area contributed by atoms with Gasteiger partial charge in [-0.05, 0) is 48.9 Å². The van der Waals surface area contributed by atoms with Gasteiger partial charge in [-0.1, -0.05) is 25.8 Å². The van der Waals surface area contributed by atoms with E-state index in [0.29, 0.717) is 18.5 Å². The molecule has 6 nitrogen and oxygen atoms in total. The standard InChI is InChI=1S/C20H21FN2O4/c1-2-3-7-17(20(26)27)23-19(25)14-5-4-6-16(12-14)22-18(24)13-8-10-15(21)11-9-13/h4-6,8-12,17H,2-3,7H2,1H3,(H,22,24)(H,23,25)(H,26,27). The Labute approximate surface area is 156 Å². The molecular weight excluding hydrogens is 351 g/mol. The third kappa shape index (κ3) is 5.91. The van der Waals surface area contributed by atoms with Crippen molar-refractivity contribution in [2.45, 2.75) is 32.2 Å². The molecule has 0 spiro atoms. The Bertz CT molecular complexity index is 821. The SMILES string of the molecule is CCCCC(NC(=O)c1cccc(NC(=O)c2ccc(F)cc2)c1)C(=O)O. The van der Waals surface area contributed by atoms with Gasteiger partial charge in [-0.15, -0.1) is 0 Å². The molecule has 0 radical (unpaired) electrons. The van der Waals surface area contributed by atoms with Gasteiger partial charge in [-0.25, -0.2) is 9.18 Å². The lowest BCUT2D eigenvalue weighted by atomic mass is 10.1. The normalized spacial score (nSPS) is 11.5. The van der Waals surface area contributed by atoms with Crippen LogP contribution in [-0.4, -0.2) is 28.9 Å². The second-order valence-electron chi connectivity index (χ2n) is 6.05. The average molecular weight is 372 g/mol. The van der Waals surface area contributed by atoms with Crippen LogP contribution < -0.4 is 10.6 Å². The monoisotopic (exact) mass is 372 g/mol. The quantitative estimate of drug-likeness (QED) is 0.661. The molecule has 2 rings (SSSR count). The van der Waals surface area contributed by atoms with Crippen LogP contribution >= 0.6 is 0 Å². The van der Waals surface area contributed by atoms with Crippen molar-refractivity contribution in [2.75, 3.05) is 5.32 Å². The molecule has 0 aliphatic carbocycles. The smallest absolute Gasteiger partial charge is 0.326 e. The Morgan fingerprint density at radius 3 is 2.37 bits per heavy atom. The van der Waals surface area contributed by atoms with Crippen LogP contribution in [-0.2, 0) is 4.79 Å². The third-order valence-corrected chi connectivity index (χ3v) is 3.94. The van der Waals surface area contributed by atoms with Crippen LogP contribution in [0.25, 0.3) is 0 Å². The van der Waals surface area contributed by atoms with E-state index in [1.165, 1.54) is 36.4 Å². The van der Waals surface area contributed by atoms with Gasteiger partial charge in [-0.2, -0.15) is 0 Å². The first-order chi connectivity index (χ1) is 12.9. The van der Waals surface area contributed by atoms with Crippen molar-refractivity contribution in [3.05, 3.63) is 65.5 Å². The number of rotatable bonds is 8. The number of anilines is 1. The van der Waals surface area contributed by atoms with E-state index in [1.54, 1.807) is 12.1 Å². The number of carbonyl (C=O) groups is 3. The van der Waals surface area contributed by atoms with E-state index in [0.717, 1.165) is 6.42 Å². The summed E-state index contributed by atoms with van der Waals surface area (Å²) in [6.45, 7) is 1.94. The van der Waals surface area contributed by atoms with Crippen molar-refractivity contribution >= 4 is 23.5 Å². The zero-order valence-electron chi connectivity index (χ0n) is 14.9. The Balaban J connectivity index is 2.07. The molecule has 27 heavy (non-hydrogen) atoms. The maximum atomic E-state index is 12.9. The summed E-state index contributed by atoms with van der Waals surface area (Å²) >= 11 is 0. The van der Waals surface area contributed by atoms with E-state index in [4.69, 9.17) is 0 Å². The Morgan fingerprint density at radius 2 is 1.74 bits per heavy atom. The van der Waals surface area contributed by atoms with Crippen LogP contribution in [0.5, 0.6) is 0 Å². The fourth-order valence-electron chi connectivity index (χ4n) is 2.45. The number of hydrogen-bond donors (Lipinski definition) is 3. The molecule has 0 heterocycles. The maximum absolute atomic E-state index is 12.9. The molecule has 2 aromatic carbocycles. The molecule has 142 valence electrons. The molecule has 0 aliphatic heterocycles. The van der Waals surface area contributed by atoms with E-state index in [1.807, 2.05) is 6.92 Å². The molecule has 0 saturated heterocycles. The number of carbonyl (C=O) groups excluding carboxylic acids is 2. The zero-order chi connectivity index (χ0) is 19.8. The van der Waals surface area contributed by atoms with E-state index >= 15 is 0 Å². The average Bonchev–Trinajstić information content (AvgIpc) is 2.65. The molecule has 0 aromatic heterocycles. The summed E-state index contributed by atoms with van der Waals surface area (Å²) in [6.07, 6.45) is 1.86. The highest BCUT2D eigenvalue weighted by atomic mass is 19.1. The molecule has 0 saturated carbocycles. The minimum atomic E-state index is -1.09. The highest BCUT2D eigenvalue weighted by Gasteiger charge is 2.20. The van der Waals surface area contributed by atoms with Gasteiger partial charge in [0.05, 0.1) is 0 Å². The number of hydrogen-bond acceptors (Lipinski definition) is 3. The number of aliphatic carboxylic acids is 1. The lowest BCUT2D eigenvalue weighted by Crippen LogP contribution is -2.40. The van der Waals surface area contributed by atoms with Crippen molar-refractivity contribution < 1.29 is 23.9 Å². The first-order valence-electron chi connectivity index (χ1n) is 8.61. The predicted molar refractivity (Wildman–Crippen MR) is 99.2 cm³/mol. The molecule has 3 N–H and O–H groups in total. The highest BCUT2D eigenvalue weighted by molar-refractivity contribution is 6.05. The second-order valence-corrected chi connectivity index (χ2v) is 6.05. The van der Waals surface area contributed by atoms with Gasteiger partial charge in [0.2, 0.25) is 0 Å². The van der Waals surface area contributed by atoms with Crippen LogP contribution in [0.4, 0.5) is 10.1 Å². The first kappa shape index (κ1) is 20.1. The van der Waals surface area contributed by atoms with Gasteiger partial charge in [0.1, 0.15) is 11.9 Å². The predicted octanol–water partition coefficient (Wildman–Crippen LogP) is 3.45. The molecular formula is C20H21FN2O4. The van der Waals surface area contributed by atoms with E-state index in [-0.39, 0.29) is 11.1 Å². The molecule has 0 fully saturated rings. The molecule has 1 atom stereocenters. The molecule has 1 unspecified atom stereocenters. The van der Waals surface area contributed by atoms with Crippen LogP contribution in [0, 0.1) is 5.82 Å². The summed E-state index contributed by atoms with van der Waals surface area (Å²) in [6, 6.07) is 10.3. The fraction of sp³-hybridized carbons (Fsp3) is 0.250.